The Morgan fingerprint density at radius 2 is 1.93 bits per heavy atom. The first-order chi connectivity index (χ1) is 19.9. The Balaban J connectivity index is 1.39. The number of amidine groups is 2. The number of hydrogen-bond donors (Lipinski definition) is 4. The second kappa shape index (κ2) is 11.9. The number of nitrogens with one attached hydrogen (secondary N) is 1. The van der Waals surface area contributed by atoms with E-state index in [1.807, 2.05) is 0 Å². The van der Waals surface area contributed by atoms with Gasteiger partial charge < -0.3 is 25.4 Å². The fourth-order valence-electron chi connectivity index (χ4n) is 7.56. The molecule has 0 saturated heterocycles. The minimum atomic E-state index is -1.09. The molecule has 1 fully saturated rings. The zero-order chi connectivity index (χ0) is 28.5. The molecule has 6 rings (SSSR count). The number of fused-ring (bicyclic) bond motifs is 4. The molecule has 7 unspecified atom stereocenters. The molecule has 6 aliphatic rings. The van der Waals surface area contributed by atoms with E-state index >= 15 is 0 Å². The van der Waals surface area contributed by atoms with Crippen molar-refractivity contribution in [3.05, 3.63) is 82.4 Å². The van der Waals surface area contributed by atoms with Crippen molar-refractivity contribution in [2.75, 3.05) is 6.61 Å². The van der Waals surface area contributed by atoms with Gasteiger partial charge in [0.1, 0.15) is 11.6 Å². The van der Waals surface area contributed by atoms with E-state index in [0.29, 0.717) is 42.0 Å². The van der Waals surface area contributed by atoms with Gasteiger partial charge in [0.25, 0.3) is 0 Å². The fourth-order valence-corrected chi connectivity index (χ4v) is 7.56. The molecule has 5 aliphatic carbocycles. The third-order valence-corrected chi connectivity index (χ3v) is 9.53. The Kier molecular flexibility index (Phi) is 8.07. The van der Waals surface area contributed by atoms with Gasteiger partial charge in [-0.3, -0.25) is 0 Å². The maximum absolute atomic E-state index is 10.9. The molecule has 7 heteroatoms. The summed E-state index contributed by atoms with van der Waals surface area (Å²) in [6.07, 6.45) is 23.6. The van der Waals surface area contributed by atoms with E-state index in [1.165, 1.54) is 30.1 Å². The monoisotopic (exact) mass is 557 g/mol. The summed E-state index contributed by atoms with van der Waals surface area (Å²) in [6, 6.07) is 0.256. The molecule has 4 N–H and O–H groups in total. The molecule has 41 heavy (non-hydrogen) atoms. The number of aliphatic hydroxyl groups excluding tert-OH is 3. The van der Waals surface area contributed by atoms with Crippen molar-refractivity contribution in [3.63, 3.8) is 0 Å². The van der Waals surface area contributed by atoms with Gasteiger partial charge in [0.2, 0.25) is 0 Å². The van der Waals surface area contributed by atoms with E-state index in [9.17, 15) is 15.3 Å². The lowest BCUT2D eigenvalue weighted by Gasteiger charge is -2.47. The van der Waals surface area contributed by atoms with E-state index in [-0.39, 0.29) is 29.5 Å². The highest BCUT2D eigenvalue weighted by molar-refractivity contribution is 6.07. The highest BCUT2D eigenvalue weighted by Crippen LogP contribution is 2.53. The van der Waals surface area contributed by atoms with E-state index < -0.39 is 12.3 Å². The molecule has 1 saturated carbocycles. The van der Waals surface area contributed by atoms with Crippen LogP contribution in [-0.4, -0.2) is 46.1 Å². The van der Waals surface area contributed by atoms with Crippen LogP contribution in [0.1, 0.15) is 65.2 Å². The molecule has 0 aromatic rings. The third-order valence-electron chi connectivity index (χ3n) is 9.53. The average molecular weight is 558 g/mol. The number of aliphatic hydroxyl groups is 3. The van der Waals surface area contributed by atoms with Crippen molar-refractivity contribution >= 4 is 11.9 Å². The Bertz CT molecular complexity index is 1330. The molecule has 0 aromatic carbocycles. The van der Waals surface area contributed by atoms with Crippen molar-refractivity contribution < 1.29 is 20.1 Å². The molecule has 7 nitrogen and oxygen atoms in total. The number of hydrogen-bond acceptors (Lipinski definition) is 7. The molecule has 7 atom stereocenters. The summed E-state index contributed by atoms with van der Waals surface area (Å²) in [4.78, 5) is 9.59. The number of rotatable bonds is 7. The number of aliphatic imine (C=N–C) groups is 2. The van der Waals surface area contributed by atoms with Crippen molar-refractivity contribution in [3.8, 4) is 0 Å². The molecular formula is C34H43N3O4. The minimum absolute atomic E-state index is 0.0139. The zero-order valence-electron chi connectivity index (χ0n) is 24.2. The molecule has 1 heterocycles. The summed E-state index contributed by atoms with van der Waals surface area (Å²) in [5.74, 6) is 2.43. The molecular weight excluding hydrogens is 514 g/mol. The number of unbranched alkanes of at least 4 members (excludes halogenated alkanes) is 3. The highest BCUT2D eigenvalue weighted by Gasteiger charge is 2.44. The summed E-state index contributed by atoms with van der Waals surface area (Å²) in [5, 5.41) is 35.0. The van der Waals surface area contributed by atoms with Crippen LogP contribution in [0.15, 0.2) is 92.4 Å². The van der Waals surface area contributed by atoms with Gasteiger partial charge >= 0.3 is 6.02 Å². The van der Waals surface area contributed by atoms with Gasteiger partial charge in [0, 0.05) is 18.1 Å². The van der Waals surface area contributed by atoms with Crippen LogP contribution in [-0.2, 0) is 4.74 Å². The van der Waals surface area contributed by atoms with E-state index in [1.54, 1.807) is 0 Å². The van der Waals surface area contributed by atoms with Crippen LogP contribution in [0.3, 0.4) is 0 Å². The first-order valence-electron chi connectivity index (χ1n) is 15.5. The predicted octanol–water partition coefficient (Wildman–Crippen LogP) is 6.50. The summed E-state index contributed by atoms with van der Waals surface area (Å²) < 4.78 is 6.10. The second-order valence-corrected chi connectivity index (χ2v) is 12.3. The lowest BCUT2D eigenvalue weighted by Crippen LogP contribution is -2.46. The number of allylic oxidation sites excluding steroid dienone is 9. The third kappa shape index (κ3) is 5.49. The smallest absolute Gasteiger partial charge is 0.316 e. The SMILES string of the molecule is CCCCCCOC1=NC(C2=CC3C(CCC4C=CC=CC43)C3=C2C=CCC3C)NC(C2=C(O)C=C(O)CC2O)=N1. The number of nitrogens with zero attached hydrogens (tertiary/aromatic N) is 2. The van der Waals surface area contributed by atoms with Gasteiger partial charge in [-0.2, -0.15) is 4.99 Å². The van der Waals surface area contributed by atoms with Crippen molar-refractivity contribution in [2.24, 2.45) is 39.6 Å². The van der Waals surface area contributed by atoms with Crippen LogP contribution in [0.2, 0.25) is 0 Å². The maximum atomic E-state index is 10.9. The molecule has 0 radical (unpaired) electrons. The Morgan fingerprint density at radius 1 is 1.07 bits per heavy atom. The van der Waals surface area contributed by atoms with Crippen molar-refractivity contribution in [1.82, 2.24) is 5.32 Å². The fraction of sp³-hybridized carbons (Fsp3) is 0.529. The summed E-state index contributed by atoms with van der Waals surface area (Å²) in [7, 11) is 0. The van der Waals surface area contributed by atoms with E-state index in [0.717, 1.165) is 37.7 Å². The minimum Gasteiger partial charge on any atom is -0.512 e. The molecule has 0 aromatic heterocycles. The van der Waals surface area contributed by atoms with Gasteiger partial charge in [-0.1, -0.05) is 81.2 Å². The van der Waals surface area contributed by atoms with Crippen LogP contribution in [0.4, 0.5) is 0 Å². The maximum Gasteiger partial charge on any atom is 0.316 e. The molecule has 0 spiro atoms. The van der Waals surface area contributed by atoms with E-state index in [4.69, 9.17) is 9.73 Å². The van der Waals surface area contributed by atoms with Gasteiger partial charge in [-0.05, 0) is 60.8 Å². The Morgan fingerprint density at radius 3 is 2.76 bits per heavy atom. The van der Waals surface area contributed by atoms with Gasteiger partial charge in [-0.25, -0.2) is 4.99 Å². The number of ether oxygens (including phenoxy) is 1. The van der Waals surface area contributed by atoms with Crippen LogP contribution in [0, 0.1) is 29.6 Å². The average Bonchev–Trinajstić information content (AvgIpc) is 2.96. The summed E-state index contributed by atoms with van der Waals surface area (Å²) >= 11 is 0. The summed E-state index contributed by atoms with van der Waals surface area (Å²) in [6.45, 7) is 5.03. The Hall–Kier alpha value is -3.32. The van der Waals surface area contributed by atoms with Gasteiger partial charge in [0.15, 0.2) is 6.17 Å². The molecule has 0 bridgehead atoms. The standard InChI is InChI=1S/C34H43N3O4/c1-3-4-5-8-16-41-34-36-32(35-33(37-34)31-28(39)17-22(38)18-29(31)40)27-19-26-23-12-7-6-11-21(23)14-15-25(26)30-20(2)10-9-13-24(27)30/h6-7,9,11-13,17,19-21,23,25-26,29,32,38-40H,3-5,8,10,14-16,18H2,1-2H3,(H,35,36,37). The molecule has 0 amide bonds. The highest BCUT2D eigenvalue weighted by atomic mass is 16.5. The first kappa shape index (κ1) is 27.8. The predicted molar refractivity (Wildman–Crippen MR) is 162 cm³/mol. The van der Waals surface area contributed by atoms with Crippen molar-refractivity contribution in [1.29, 1.82) is 0 Å². The topological polar surface area (TPSA) is 107 Å². The van der Waals surface area contributed by atoms with Crippen molar-refractivity contribution in [2.45, 2.75) is 77.5 Å². The zero-order valence-corrected chi connectivity index (χ0v) is 24.2. The second-order valence-electron chi connectivity index (χ2n) is 12.3. The van der Waals surface area contributed by atoms with Crippen LogP contribution >= 0.6 is 0 Å². The molecule has 1 aliphatic heterocycles. The quantitative estimate of drug-likeness (QED) is 0.267. The van der Waals surface area contributed by atoms with Gasteiger partial charge in [0.05, 0.1) is 24.0 Å². The lowest BCUT2D eigenvalue weighted by atomic mass is 9.57. The van der Waals surface area contributed by atoms with Crippen LogP contribution in [0.25, 0.3) is 0 Å². The largest absolute Gasteiger partial charge is 0.512 e. The molecule has 218 valence electrons. The van der Waals surface area contributed by atoms with Crippen LogP contribution < -0.4 is 5.32 Å². The van der Waals surface area contributed by atoms with Crippen LogP contribution in [0.5, 0.6) is 0 Å². The van der Waals surface area contributed by atoms with E-state index in [2.05, 4.69) is 66.7 Å². The lowest BCUT2D eigenvalue weighted by molar-refractivity contribution is 0.184. The van der Waals surface area contributed by atoms with Gasteiger partial charge in [-0.15, -0.1) is 0 Å². The Labute approximate surface area is 243 Å². The first-order valence-corrected chi connectivity index (χ1v) is 15.5. The summed E-state index contributed by atoms with van der Waals surface area (Å²) in [5.41, 5.74) is 4.15. The normalized spacial score (nSPS) is 34.1.